The van der Waals surface area contributed by atoms with Crippen molar-refractivity contribution in [2.75, 3.05) is 0 Å². The van der Waals surface area contributed by atoms with Crippen LogP contribution < -0.4 is 9.47 Å². The summed E-state index contributed by atoms with van der Waals surface area (Å²) >= 11 is 0. The third kappa shape index (κ3) is 3.85. The maximum absolute atomic E-state index is 11.4. The van der Waals surface area contributed by atoms with Crippen LogP contribution in [0.25, 0.3) is 0 Å². The largest absolute Gasteiger partial charge is 0.457 e. The van der Waals surface area contributed by atoms with Crippen LogP contribution >= 0.6 is 0 Å². The number of para-hydroxylation sites is 1. The summed E-state index contributed by atoms with van der Waals surface area (Å²) in [6.07, 6.45) is 0. The van der Waals surface area contributed by atoms with Crippen molar-refractivity contribution in [2.45, 2.75) is 13.8 Å². The Balaban J connectivity index is 2.01. The number of hydrogen-bond donors (Lipinski definition) is 0. The Kier molecular flexibility index (Phi) is 4.18. The van der Waals surface area contributed by atoms with Crippen molar-refractivity contribution in [2.24, 2.45) is 5.92 Å². The Labute approximate surface area is 112 Å². The van der Waals surface area contributed by atoms with Gasteiger partial charge >= 0.3 is 5.97 Å². The molecule has 0 saturated heterocycles. The van der Waals surface area contributed by atoms with E-state index >= 15 is 0 Å². The van der Waals surface area contributed by atoms with Crippen LogP contribution in [0.1, 0.15) is 13.8 Å². The van der Waals surface area contributed by atoms with Crippen LogP contribution in [0, 0.1) is 5.92 Å². The van der Waals surface area contributed by atoms with Gasteiger partial charge in [0, 0.05) is 0 Å². The molecule has 0 saturated carbocycles. The second-order valence-corrected chi connectivity index (χ2v) is 4.46. The fraction of sp³-hybridized carbons (Fsp3) is 0.188. The summed E-state index contributed by atoms with van der Waals surface area (Å²) in [4.78, 5) is 11.4. The van der Waals surface area contributed by atoms with E-state index in [9.17, 15) is 4.79 Å². The predicted molar refractivity (Wildman–Crippen MR) is 73.4 cm³/mol. The normalized spacial score (nSPS) is 10.3. The van der Waals surface area contributed by atoms with E-state index in [1.807, 2.05) is 30.3 Å². The first-order valence-corrected chi connectivity index (χ1v) is 6.20. The van der Waals surface area contributed by atoms with E-state index in [4.69, 9.17) is 9.47 Å². The van der Waals surface area contributed by atoms with Gasteiger partial charge in [0.05, 0.1) is 5.92 Å². The molecule has 0 N–H and O–H groups in total. The van der Waals surface area contributed by atoms with Crippen LogP contribution in [0.5, 0.6) is 17.2 Å². The van der Waals surface area contributed by atoms with E-state index in [0.29, 0.717) is 11.5 Å². The monoisotopic (exact) mass is 256 g/mol. The maximum atomic E-state index is 11.4. The summed E-state index contributed by atoms with van der Waals surface area (Å²) in [5.74, 6) is 1.63. The van der Waals surface area contributed by atoms with Gasteiger partial charge in [0.2, 0.25) is 0 Å². The van der Waals surface area contributed by atoms with E-state index in [1.165, 1.54) is 0 Å². The van der Waals surface area contributed by atoms with Crippen molar-refractivity contribution in [3.8, 4) is 17.2 Å². The number of hydrogen-bond acceptors (Lipinski definition) is 3. The Hall–Kier alpha value is -2.29. The van der Waals surface area contributed by atoms with E-state index in [-0.39, 0.29) is 11.9 Å². The smallest absolute Gasteiger partial charge is 0.313 e. The molecule has 0 unspecified atom stereocenters. The third-order valence-electron chi connectivity index (χ3n) is 2.49. The first kappa shape index (κ1) is 13.1. The average molecular weight is 256 g/mol. The molecular weight excluding hydrogens is 240 g/mol. The van der Waals surface area contributed by atoms with Crippen molar-refractivity contribution in [3.63, 3.8) is 0 Å². The highest BCUT2D eigenvalue weighted by molar-refractivity contribution is 5.74. The lowest BCUT2D eigenvalue weighted by Gasteiger charge is -2.08. The minimum atomic E-state index is -0.239. The van der Waals surface area contributed by atoms with Gasteiger partial charge in [-0.25, -0.2) is 0 Å². The maximum Gasteiger partial charge on any atom is 0.313 e. The Morgan fingerprint density at radius 1 is 0.842 bits per heavy atom. The minimum Gasteiger partial charge on any atom is -0.457 e. The van der Waals surface area contributed by atoms with Gasteiger partial charge < -0.3 is 9.47 Å². The van der Waals surface area contributed by atoms with Crippen LogP contribution in [0.15, 0.2) is 54.6 Å². The van der Waals surface area contributed by atoms with Crippen molar-refractivity contribution in [1.29, 1.82) is 0 Å². The first-order chi connectivity index (χ1) is 9.15. The average Bonchev–Trinajstić information content (AvgIpc) is 2.42. The Bertz CT molecular complexity index is 530. The first-order valence-electron chi connectivity index (χ1n) is 6.20. The zero-order chi connectivity index (χ0) is 13.7. The number of benzene rings is 2. The lowest BCUT2D eigenvalue weighted by atomic mass is 10.2. The highest BCUT2D eigenvalue weighted by atomic mass is 16.5. The molecular formula is C16H16O3. The van der Waals surface area contributed by atoms with Crippen molar-refractivity contribution < 1.29 is 14.3 Å². The molecule has 0 fully saturated rings. The molecule has 2 aromatic rings. The summed E-state index contributed by atoms with van der Waals surface area (Å²) in [5, 5.41) is 0. The number of esters is 1. The zero-order valence-corrected chi connectivity index (χ0v) is 11.0. The van der Waals surface area contributed by atoms with Gasteiger partial charge in [-0.15, -0.1) is 0 Å². The molecule has 98 valence electrons. The number of carbonyl (C=O) groups is 1. The molecule has 19 heavy (non-hydrogen) atoms. The fourth-order valence-electron chi connectivity index (χ4n) is 1.43. The van der Waals surface area contributed by atoms with Gasteiger partial charge in [-0.1, -0.05) is 32.0 Å². The molecule has 0 aliphatic carbocycles. The molecule has 2 aromatic carbocycles. The topological polar surface area (TPSA) is 35.5 Å². The van der Waals surface area contributed by atoms with Gasteiger partial charge in [-0.2, -0.15) is 0 Å². The molecule has 0 aromatic heterocycles. The van der Waals surface area contributed by atoms with Crippen molar-refractivity contribution >= 4 is 5.97 Å². The standard InChI is InChI=1S/C16H16O3/c1-12(2)16(17)19-15-10-8-14(9-11-15)18-13-6-4-3-5-7-13/h3-12H,1-2H3. The van der Waals surface area contributed by atoms with Crippen molar-refractivity contribution in [3.05, 3.63) is 54.6 Å². The molecule has 3 nitrogen and oxygen atoms in total. The van der Waals surface area contributed by atoms with Crippen LogP contribution in [-0.4, -0.2) is 5.97 Å². The van der Waals surface area contributed by atoms with Gasteiger partial charge in [0.15, 0.2) is 0 Å². The molecule has 0 amide bonds. The Morgan fingerprint density at radius 2 is 1.37 bits per heavy atom. The summed E-state index contributed by atoms with van der Waals surface area (Å²) in [5.41, 5.74) is 0. The molecule has 2 rings (SSSR count). The summed E-state index contributed by atoms with van der Waals surface area (Å²) < 4.78 is 10.8. The molecule has 0 spiro atoms. The Morgan fingerprint density at radius 3 is 1.95 bits per heavy atom. The molecule has 0 atom stereocenters. The van der Waals surface area contributed by atoms with E-state index in [1.54, 1.807) is 38.1 Å². The quantitative estimate of drug-likeness (QED) is 0.611. The van der Waals surface area contributed by atoms with Gasteiger partial charge in [0.1, 0.15) is 17.2 Å². The lowest BCUT2D eigenvalue weighted by Crippen LogP contribution is -2.14. The van der Waals surface area contributed by atoms with Crippen LogP contribution in [0.3, 0.4) is 0 Å². The number of rotatable bonds is 4. The van der Waals surface area contributed by atoms with Gasteiger partial charge in [-0.05, 0) is 36.4 Å². The highest BCUT2D eigenvalue weighted by Gasteiger charge is 2.09. The second-order valence-electron chi connectivity index (χ2n) is 4.46. The molecule has 0 aliphatic heterocycles. The van der Waals surface area contributed by atoms with Crippen LogP contribution in [0.2, 0.25) is 0 Å². The summed E-state index contributed by atoms with van der Waals surface area (Å²) in [6, 6.07) is 16.5. The van der Waals surface area contributed by atoms with Gasteiger partial charge in [0.25, 0.3) is 0 Å². The second kappa shape index (κ2) is 6.05. The number of carbonyl (C=O) groups excluding carboxylic acids is 1. The van der Waals surface area contributed by atoms with E-state index < -0.39 is 0 Å². The van der Waals surface area contributed by atoms with Crippen molar-refractivity contribution in [1.82, 2.24) is 0 Å². The lowest BCUT2D eigenvalue weighted by molar-refractivity contribution is -0.137. The van der Waals surface area contributed by atoms with Crippen LogP contribution in [-0.2, 0) is 4.79 Å². The van der Waals surface area contributed by atoms with Gasteiger partial charge in [-0.3, -0.25) is 4.79 Å². The molecule has 3 heteroatoms. The van der Waals surface area contributed by atoms with E-state index in [0.717, 1.165) is 5.75 Å². The SMILES string of the molecule is CC(C)C(=O)Oc1ccc(Oc2ccccc2)cc1. The molecule has 0 bridgehead atoms. The zero-order valence-electron chi connectivity index (χ0n) is 11.0. The predicted octanol–water partition coefficient (Wildman–Crippen LogP) is 4.04. The molecule has 0 heterocycles. The molecule has 0 radical (unpaired) electrons. The minimum absolute atomic E-state index is 0.139. The molecule has 0 aliphatic rings. The van der Waals surface area contributed by atoms with Crippen LogP contribution in [0.4, 0.5) is 0 Å². The summed E-state index contributed by atoms with van der Waals surface area (Å²) in [7, 11) is 0. The summed E-state index contributed by atoms with van der Waals surface area (Å²) in [6.45, 7) is 3.60. The number of ether oxygens (including phenoxy) is 2. The highest BCUT2D eigenvalue weighted by Crippen LogP contribution is 2.23. The van der Waals surface area contributed by atoms with E-state index in [2.05, 4.69) is 0 Å². The third-order valence-corrected chi connectivity index (χ3v) is 2.49. The fourth-order valence-corrected chi connectivity index (χ4v) is 1.43.